The average molecular weight is 163 g/mol. The summed E-state index contributed by atoms with van der Waals surface area (Å²) in [4.78, 5) is 1.96. The predicted molar refractivity (Wildman–Crippen MR) is 44.4 cm³/mol. The number of likely N-dealkylation sites (N-methyl/N-ethyl adjacent to an activating group) is 1. The number of aliphatic hydroxyl groups excluding tert-OH is 1. The van der Waals surface area contributed by atoms with Gasteiger partial charge >= 0.3 is 0 Å². The minimum absolute atomic E-state index is 0.107. The summed E-state index contributed by atoms with van der Waals surface area (Å²) < 4.78 is 11.8. The highest BCUT2D eigenvalue weighted by molar-refractivity contribution is 4.77. The van der Waals surface area contributed by atoms with Crippen LogP contribution in [0.1, 0.15) is 20.3 Å². The normalized spacial score (nSPS) is 12.5. The van der Waals surface area contributed by atoms with Crippen LogP contribution >= 0.6 is 0 Å². The topological polar surface area (TPSA) is 23.5 Å². The Hall–Kier alpha value is -0.150. The van der Waals surface area contributed by atoms with Gasteiger partial charge in [0.15, 0.2) is 0 Å². The number of hydrogen-bond acceptors (Lipinski definition) is 2. The van der Waals surface area contributed by atoms with Gasteiger partial charge in [-0.25, -0.2) is 0 Å². The molecule has 0 saturated heterocycles. The van der Waals surface area contributed by atoms with Crippen LogP contribution in [0, 0.1) is 0 Å². The molecule has 0 aliphatic rings. The quantitative estimate of drug-likeness (QED) is 0.655. The largest absolute Gasteiger partial charge is 0.394 e. The van der Waals surface area contributed by atoms with E-state index >= 15 is 0 Å². The van der Waals surface area contributed by atoms with Crippen molar-refractivity contribution in [2.45, 2.75) is 25.8 Å². The average Bonchev–Trinajstić information content (AvgIpc) is 2.00. The van der Waals surface area contributed by atoms with Crippen molar-refractivity contribution in [2.24, 2.45) is 0 Å². The number of alkyl halides is 1. The van der Waals surface area contributed by atoms with Gasteiger partial charge in [0.25, 0.3) is 0 Å². The van der Waals surface area contributed by atoms with Crippen molar-refractivity contribution in [1.82, 2.24) is 4.90 Å². The molecule has 3 heteroatoms. The molecule has 68 valence electrons. The first-order valence-electron chi connectivity index (χ1n) is 3.92. The maximum atomic E-state index is 11.8. The van der Waals surface area contributed by atoms with Crippen LogP contribution in [0.25, 0.3) is 0 Å². The fourth-order valence-electron chi connectivity index (χ4n) is 0.720. The summed E-state index contributed by atoms with van der Waals surface area (Å²) in [5, 5.41) is 8.93. The second kappa shape index (κ2) is 4.67. The standard InChI is InChI=1S/C8H18FNO/c1-8(2,7-11)10(3)6-4-5-9/h11H,4-7H2,1-3H3. The molecule has 1 N–H and O–H groups in total. The van der Waals surface area contributed by atoms with Crippen molar-refractivity contribution in [3.63, 3.8) is 0 Å². The summed E-state index contributed by atoms with van der Waals surface area (Å²) in [6, 6.07) is 0. The van der Waals surface area contributed by atoms with Gasteiger partial charge < -0.3 is 5.11 Å². The Bertz CT molecular complexity index is 106. The van der Waals surface area contributed by atoms with E-state index in [-0.39, 0.29) is 18.8 Å². The summed E-state index contributed by atoms with van der Waals surface area (Å²) in [7, 11) is 1.89. The van der Waals surface area contributed by atoms with E-state index in [9.17, 15) is 4.39 Å². The Morgan fingerprint density at radius 3 is 2.36 bits per heavy atom. The molecule has 0 aromatic carbocycles. The molecule has 0 fully saturated rings. The van der Waals surface area contributed by atoms with Crippen LogP contribution in [-0.2, 0) is 0 Å². The molecule has 11 heavy (non-hydrogen) atoms. The predicted octanol–water partition coefficient (Wildman–Crippen LogP) is 1.05. The maximum Gasteiger partial charge on any atom is 0.0906 e. The lowest BCUT2D eigenvalue weighted by Gasteiger charge is -2.33. The minimum atomic E-state index is -0.286. The Balaban J connectivity index is 3.71. The first kappa shape index (κ1) is 10.8. The molecular formula is C8H18FNO. The lowest BCUT2D eigenvalue weighted by molar-refractivity contribution is 0.0767. The molecule has 0 unspecified atom stereocenters. The van der Waals surface area contributed by atoms with Crippen molar-refractivity contribution < 1.29 is 9.50 Å². The van der Waals surface area contributed by atoms with Crippen molar-refractivity contribution >= 4 is 0 Å². The van der Waals surface area contributed by atoms with Gasteiger partial charge in [0, 0.05) is 12.1 Å². The Kier molecular flexibility index (Phi) is 4.61. The number of hydrogen-bond donors (Lipinski definition) is 1. The van der Waals surface area contributed by atoms with Crippen LogP contribution in [0.5, 0.6) is 0 Å². The van der Waals surface area contributed by atoms with Crippen molar-refractivity contribution in [3.8, 4) is 0 Å². The van der Waals surface area contributed by atoms with Gasteiger partial charge in [0.05, 0.1) is 13.3 Å². The summed E-state index contributed by atoms with van der Waals surface area (Å²) in [5.41, 5.74) is -0.227. The lowest BCUT2D eigenvalue weighted by Crippen LogP contribution is -2.44. The van der Waals surface area contributed by atoms with Gasteiger partial charge in [-0.3, -0.25) is 9.29 Å². The Morgan fingerprint density at radius 2 is 2.00 bits per heavy atom. The second-order valence-electron chi connectivity index (χ2n) is 3.43. The molecule has 0 aliphatic heterocycles. The van der Waals surface area contributed by atoms with E-state index in [0.717, 1.165) is 0 Å². The molecule has 0 bridgehead atoms. The molecule has 0 atom stereocenters. The summed E-state index contributed by atoms with van der Waals surface area (Å²) in [6.07, 6.45) is 0.542. The van der Waals surface area contributed by atoms with Crippen LogP contribution < -0.4 is 0 Å². The fourth-order valence-corrected chi connectivity index (χ4v) is 0.720. The number of halogens is 1. The highest BCUT2D eigenvalue weighted by Gasteiger charge is 2.21. The van der Waals surface area contributed by atoms with Crippen LogP contribution in [0.2, 0.25) is 0 Å². The van der Waals surface area contributed by atoms with Gasteiger partial charge in [0.2, 0.25) is 0 Å². The third-order valence-electron chi connectivity index (χ3n) is 2.05. The highest BCUT2D eigenvalue weighted by atomic mass is 19.1. The Morgan fingerprint density at radius 1 is 1.45 bits per heavy atom. The maximum absolute atomic E-state index is 11.8. The third-order valence-corrected chi connectivity index (χ3v) is 2.05. The van der Waals surface area contributed by atoms with Gasteiger partial charge in [0.1, 0.15) is 0 Å². The summed E-state index contributed by atoms with van der Waals surface area (Å²) in [6.45, 7) is 4.39. The second-order valence-corrected chi connectivity index (χ2v) is 3.43. The molecule has 0 aromatic rings. The molecule has 0 rings (SSSR count). The highest BCUT2D eigenvalue weighted by Crippen LogP contribution is 2.10. The van der Waals surface area contributed by atoms with E-state index in [4.69, 9.17) is 5.11 Å². The summed E-state index contributed by atoms with van der Waals surface area (Å²) in [5.74, 6) is 0. The molecule has 0 amide bonds. The van der Waals surface area contributed by atoms with Crippen LogP contribution in [0.4, 0.5) is 4.39 Å². The van der Waals surface area contributed by atoms with Crippen molar-refractivity contribution in [2.75, 3.05) is 26.9 Å². The van der Waals surface area contributed by atoms with E-state index in [1.54, 1.807) is 0 Å². The SMILES string of the molecule is CN(CCCF)C(C)(C)CO. The minimum Gasteiger partial charge on any atom is -0.394 e. The molecule has 2 nitrogen and oxygen atoms in total. The van der Waals surface area contributed by atoms with Gasteiger partial charge in [-0.1, -0.05) is 0 Å². The zero-order valence-electron chi connectivity index (χ0n) is 7.60. The number of aliphatic hydroxyl groups is 1. The first-order valence-corrected chi connectivity index (χ1v) is 3.92. The number of rotatable bonds is 5. The van der Waals surface area contributed by atoms with Crippen molar-refractivity contribution in [3.05, 3.63) is 0 Å². The van der Waals surface area contributed by atoms with E-state index in [0.29, 0.717) is 13.0 Å². The van der Waals surface area contributed by atoms with Gasteiger partial charge in [-0.15, -0.1) is 0 Å². The molecular weight excluding hydrogens is 145 g/mol. The van der Waals surface area contributed by atoms with E-state index in [1.165, 1.54) is 0 Å². The van der Waals surface area contributed by atoms with Crippen LogP contribution in [0.3, 0.4) is 0 Å². The lowest BCUT2D eigenvalue weighted by atomic mass is 10.1. The van der Waals surface area contributed by atoms with E-state index in [2.05, 4.69) is 0 Å². The molecule has 0 heterocycles. The smallest absolute Gasteiger partial charge is 0.0906 e. The number of nitrogens with zero attached hydrogens (tertiary/aromatic N) is 1. The molecule has 0 aliphatic carbocycles. The van der Waals surface area contributed by atoms with Crippen LogP contribution in [0.15, 0.2) is 0 Å². The first-order chi connectivity index (χ1) is 5.04. The van der Waals surface area contributed by atoms with Gasteiger partial charge in [-0.2, -0.15) is 0 Å². The van der Waals surface area contributed by atoms with Crippen molar-refractivity contribution in [1.29, 1.82) is 0 Å². The zero-order chi connectivity index (χ0) is 8.91. The third kappa shape index (κ3) is 3.68. The molecule has 0 aromatic heterocycles. The Labute approximate surface area is 68.0 Å². The van der Waals surface area contributed by atoms with Gasteiger partial charge in [-0.05, 0) is 27.3 Å². The monoisotopic (exact) mass is 163 g/mol. The zero-order valence-corrected chi connectivity index (χ0v) is 7.60. The molecule has 0 saturated carbocycles. The van der Waals surface area contributed by atoms with E-state index in [1.807, 2.05) is 25.8 Å². The fraction of sp³-hybridized carbons (Fsp3) is 1.00. The molecule has 0 radical (unpaired) electrons. The van der Waals surface area contributed by atoms with E-state index < -0.39 is 0 Å². The summed E-state index contributed by atoms with van der Waals surface area (Å²) >= 11 is 0. The molecule has 0 spiro atoms. The van der Waals surface area contributed by atoms with Crippen LogP contribution in [-0.4, -0.2) is 42.4 Å².